The average Bonchev–Trinajstić information content (AvgIpc) is 2.53. The van der Waals surface area contributed by atoms with Gasteiger partial charge < -0.3 is 4.74 Å². The van der Waals surface area contributed by atoms with Crippen LogP contribution in [0.15, 0.2) is 12.1 Å². The largest absolute Gasteiger partial charge is 0.457 e. The lowest BCUT2D eigenvalue weighted by Crippen LogP contribution is -2.03. The van der Waals surface area contributed by atoms with E-state index >= 15 is 0 Å². The number of unbranched alkanes of at least 4 members (excludes halogenated alkanes) is 3. The lowest BCUT2D eigenvalue weighted by atomic mass is 10.0. The quantitative estimate of drug-likeness (QED) is 0.338. The van der Waals surface area contributed by atoms with Gasteiger partial charge in [0, 0.05) is 0 Å². The van der Waals surface area contributed by atoms with Crippen molar-refractivity contribution in [2.75, 3.05) is 6.61 Å². The number of nitro benzene ring substituents is 3. The molecule has 0 saturated carbocycles. The van der Waals surface area contributed by atoms with Gasteiger partial charge in [0.25, 0.3) is 17.1 Å². The molecule has 0 unspecified atom stereocenters. The van der Waals surface area contributed by atoms with Crippen LogP contribution in [0.2, 0.25) is 0 Å². The van der Waals surface area contributed by atoms with Crippen LogP contribution in [-0.4, -0.2) is 27.8 Å². The molecule has 0 bridgehead atoms. The molecule has 0 spiro atoms. The highest BCUT2D eigenvalue weighted by molar-refractivity contribution is 5.60. The van der Waals surface area contributed by atoms with Gasteiger partial charge in [0.15, 0.2) is 0 Å². The fourth-order valence-corrected chi connectivity index (χ4v) is 2.19. The van der Waals surface area contributed by atoms with E-state index < -0.39 is 31.8 Å². The first-order valence-electron chi connectivity index (χ1n) is 6.97. The van der Waals surface area contributed by atoms with Crippen molar-refractivity contribution in [3.05, 3.63) is 48.0 Å². The molecule has 24 heavy (non-hydrogen) atoms. The maximum atomic E-state index is 11.1. The van der Waals surface area contributed by atoms with E-state index in [2.05, 4.69) is 4.74 Å². The summed E-state index contributed by atoms with van der Waals surface area (Å²) >= 11 is 0. The molecular weight excluding hydrogens is 326 g/mol. The molecule has 0 N–H and O–H groups in total. The third-order valence-electron chi connectivity index (χ3n) is 3.27. The molecule has 11 nitrogen and oxygen atoms in total. The van der Waals surface area contributed by atoms with Gasteiger partial charge in [0.1, 0.15) is 5.56 Å². The molecule has 0 amide bonds. The van der Waals surface area contributed by atoms with Crippen LogP contribution in [-0.2, 0) is 16.0 Å². The van der Waals surface area contributed by atoms with Crippen molar-refractivity contribution in [2.24, 2.45) is 0 Å². The zero-order valence-electron chi connectivity index (χ0n) is 12.5. The Kier molecular flexibility index (Phi) is 7.20. The van der Waals surface area contributed by atoms with Crippen molar-refractivity contribution in [1.82, 2.24) is 0 Å². The Bertz CT molecular complexity index is 611. The molecule has 0 aromatic heterocycles. The second kappa shape index (κ2) is 9.12. The minimum absolute atomic E-state index is 0.0469. The van der Waals surface area contributed by atoms with Gasteiger partial charge in [0.2, 0.25) is 0 Å². The number of hydrogen-bond acceptors (Lipinski definition) is 8. The second-order valence-electron chi connectivity index (χ2n) is 4.83. The molecule has 1 aromatic rings. The average molecular weight is 340 g/mol. The molecule has 1 aromatic carbocycles. The highest BCUT2D eigenvalue weighted by atomic mass is 16.6. The molecule has 0 aliphatic carbocycles. The molecule has 0 saturated heterocycles. The number of ether oxygens (including phenoxy) is 1. The maximum Gasteiger partial charge on any atom is 0.417 e. The normalized spacial score (nSPS) is 10.2. The number of carbonyl (C=O) groups excluding carboxylic acids is 1. The number of hydrogen-bond donors (Lipinski definition) is 0. The molecule has 0 aliphatic rings. The smallest absolute Gasteiger partial charge is 0.417 e. The highest BCUT2D eigenvalue weighted by Gasteiger charge is 2.29. The fraction of sp³-hybridized carbons (Fsp3) is 0.462. The fourth-order valence-electron chi connectivity index (χ4n) is 2.19. The summed E-state index contributed by atoms with van der Waals surface area (Å²) in [5.74, 6) is 0. The zero-order valence-corrected chi connectivity index (χ0v) is 12.5. The summed E-state index contributed by atoms with van der Waals surface area (Å²) < 4.78 is 4.39. The molecule has 11 heteroatoms. The summed E-state index contributed by atoms with van der Waals surface area (Å²) in [7, 11) is 0. The van der Waals surface area contributed by atoms with E-state index in [1.807, 2.05) is 0 Å². The van der Waals surface area contributed by atoms with E-state index in [9.17, 15) is 35.1 Å². The number of rotatable bonds is 11. The van der Waals surface area contributed by atoms with Crippen molar-refractivity contribution in [3.8, 4) is 0 Å². The molecule has 0 heterocycles. The number of non-ortho nitro benzene ring substituents is 1. The molecule has 1 radical (unpaired) electrons. The minimum Gasteiger partial charge on any atom is -0.457 e. The third kappa shape index (κ3) is 5.26. The third-order valence-corrected chi connectivity index (χ3v) is 3.27. The maximum absolute atomic E-state index is 11.1. The predicted molar refractivity (Wildman–Crippen MR) is 80.2 cm³/mol. The van der Waals surface area contributed by atoms with Crippen molar-refractivity contribution in [1.29, 1.82) is 0 Å². The van der Waals surface area contributed by atoms with Crippen LogP contribution < -0.4 is 0 Å². The molecular formula is C13H14N3O8. The molecule has 0 atom stereocenters. The first kappa shape index (κ1) is 18.9. The van der Waals surface area contributed by atoms with Crippen LogP contribution in [0.4, 0.5) is 17.1 Å². The van der Waals surface area contributed by atoms with Crippen LogP contribution in [0.25, 0.3) is 0 Å². The van der Waals surface area contributed by atoms with Crippen molar-refractivity contribution < 1.29 is 24.3 Å². The Morgan fingerprint density at radius 2 is 1.42 bits per heavy atom. The molecule has 1 rings (SSSR count). The second-order valence-corrected chi connectivity index (χ2v) is 4.83. The topological polar surface area (TPSA) is 156 Å². The molecule has 0 aliphatic heterocycles. The zero-order chi connectivity index (χ0) is 18.1. The summed E-state index contributed by atoms with van der Waals surface area (Å²) in [6.07, 6.45) is 2.32. The van der Waals surface area contributed by atoms with Gasteiger partial charge >= 0.3 is 6.47 Å². The van der Waals surface area contributed by atoms with E-state index in [-0.39, 0.29) is 18.6 Å². The standard InChI is InChI=1S/C13H14N3O8/c17-9-24-6-4-2-1-3-5-11-12(15(20)21)7-10(14(18)19)8-13(11)16(22)23/h7-8H,1-6H2. The summed E-state index contributed by atoms with van der Waals surface area (Å²) in [5.41, 5.74) is -2.09. The van der Waals surface area contributed by atoms with Gasteiger partial charge in [-0.15, -0.1) is 0 Å². The van der Waals surface area contributed by atoms with Crippen LogP contribution in [0.1, 0.15) is 31.2 Å². The summed E-state index contributed by atoms with van der Waals surface area (Å²) in [6, 6.07) is 1.46. The van der Waals surface area contributed by atoms with Gasteiger partial charge in [-0.05, 0) is 19.3 Å². The van der Waals surface area contributed by atoms with Crippen molar-refractivity contribution in [3.63, 3.8) is 0 Å². The van der Waals surface area contributed by atoms with E-state index in [1.165, 1.54) is 6.47 Å². The van der Waals surface area contributed by atoms with Crippen LogP contribution in [0, 0.1) is 30.3 Å². The number of nitrogens with zero attached hydrogens (tertiary/aromatic N) is 3. The summed E-state index contributed by atoms with van der Waals surface area (Å²) in [4.78, 5) is 40.1. The summed E-state index contributed by atoms with van der Waals surface area (Å²) in [5, 5.41) is 32.9. The first-order valence-corrected chi connectivity index (χ1v) is 6.97. The SMILES string of the molecule is O=[C]OCCCCCCc1c([N+](=O)[O-])cc([N+](=O)[O-])cc1[N+](=O)[O-]. The Morgan fingerprint density at radius 1 is 0.875 bits per heavy atom. The van der Waals surface area contributed by atoms with Crippen molar-refractivity contribution in [2.45, 2.75) is 32.1 Å². The summed E-state index contributed by atoms with van der Waals surface area (Å²) in [6.45, 7) is 1.49. The van der Waals surface area contributed by atoms with Crippen molar-refractivity contribution >= 4 is 23.5 Å². The predicted octanol–water partition coefficient (Wildman–Crippen LogP) is 2.60. The first-order chi connectivity index (χ1) is 11.4. The minimum atomic E-state index is -0.909. The monoisotopic (exact) mass is 340 g/mol. The van der Waals surface area contributed by atoms with E-state index in [1.54, 1.807) is 0 Å². The van der Waals surface area contributed by atoms with Gasteiger partial charge in [-0.1, -0.05) is 12.8 Å². The lowest BCUT2D eigenvalue weighted by molar-refractivity contribution is -0.404. The highest BCUT2D eigenvalue weighted by Crippen LogP contribution is 2.34. The van der Waals surface area contributed by atoms with Crippen LogP contribution >= 0.6 is 0 Å². The van der Waals surface area contributed by atoms with Gasteiger partial charge in [0.05, 0.1) is 33.5 Å². The Balaban J connectivity index is 2.91. The Labute approximate surface area is 135 Å². The van der Waals surface area contributed by atoms with E-state index in [4.69, 9.17) is 0 Å². The van der Waals surface area contributed by atoms with E-state index in [0.29, 0.717) is 25.7 Å². The van der Waals surface area contributed by atoms with E-state index in [0.717, 1.165) is 12.1 Å². The molecule has 0 fully saturated rings. The van der Waals surface area contributed by atoms with Gasteiger partial charge in [-0.25, -0.2) is 4.79 Å². The number of nitro groups is 3. The van der Waals surface area contributed by atoms with Crippen LogP contribution in [0.5, 0.6) is 0 Å². The van der Waals surface area contributed by atoms with Gasteiger partial charge in [-0.2, -0.15) is 0 Å². The van der Waals surface area contributed by atoms with Crippen LogP contribution in [0.3, 0.4) is 0 Å². The Hall–Kier alpha value is -3.11. The Morgan fingerprint density at radius 3 is 1.88 bits per heavy atom. The number of benzene rings is 1. The molecule has 129 valence electrons. The lowest BCUT2D eigenvalue weighted by Gasteiger charge is -2.05. The van der Waals surface area contributed by atoms with Gasteiger partial charge in [-0.3, -0.25) is 30.3 Å².